The highest BCUT2D eigenvalue weighted by Crippen LogP contribution is 2.31. The summed E-state index contributed by atoms with van der Waals surface area (Å²) in [5.74, 6) is 0. The molecule has 142 valence electrons. The number of hydrogen-bond donors (Lipinski definition) is 0. The molecule has 0 saturated carbocycles. The summed E-state index contributed by atoms with van der Waals surface area (Å²) in [5, 5.41) is 9.07. The number of thiazole rings is 1. The van der Waals surface area contributed by atoms with Gasteiger partial charge >= 0.3 is 0 Å². The van der Waals surface area contributed by atoms with Crippen molar-refractivity contribution in [1.29, 1.82) is 0 Å². The number of nitrogens with zero attached hydrogens (tertiary/aromatic N) is 3. The predicted octanol–water partition coefficient (Wildman–Crippen LogP) is 7.42. The van der Waals surface area contributed by atoms with Crippen LogP contribution in [0, 0.1) is 6.92 Å². The predicted molar refractivity (Wildman–Crippen MR) is 124 cm³/mol. The summed E-state index contributed by atoms with van der Waals surface area (Å²) < 4.78 is 2.87. The Morgan fingerprint density at radius 1 is 0.966 bits per heavy atom. The van der Waals surface area contributed by atoms with Gasteiger partial charge in [0.2, 0.25) is 0 Å². The van der Waals surface area contributed by atoms with Crippen LogP contribution in [0.5, 0.6) is 0 Å². The van der Waals surface area contributed by atoms with Crippen molar-refractivity contribution >= 4 is 67.7 Å². The lowest BCUT2D eigenvalue weighted by atomic mass is 10.1. The minimum absolute atomic E-state index is 0.549. The minimum Gasteiger partial charge on any atom is -0.236 e. The highest BCUT2D eigenvalue weighted by Gasteiger charge is 2.13. The first-order valence-corrected chi connectivity index (χ1v) is 10.6. The molecule has 3 nitrogen and oxygen atoms in total. The summed E-state index contributed by atoms with van der Waals surface area (Å²) in [4.78, 5) is 4.84. The van der Waals surface area contributed by atoms with Gasteiger partial charge in [-0.25, -0.2) is 9.67 Å². The lowest BCUT2D eigenvalue weighted by Gasteiger charge is -2.03. The van der Waals surface area contributed by atoms with Crippen LogP contribution in [-0.2, 0) is 0 Å². The van der Waals surface area contributed by atoms with Gasteiger partial charge in [-0.15, -0.1) is 11.3 Å². The van der Waals surface area contributed by atoms with Gasteiger partial charge in [0.05, 0.1) is 21.6 Å². The third-order valence-corrected chi connectivity index (χ3v) is 6.38. The Morgan fingerprint density at radius 3 is 2.69 bits per heavy atom. The van der Waals surface area contributed by atoms with Crippen molar-refractivity contribution in [3.05, 3.63) is 87.1 Å². The van der Waals surface area contributed by atoms with Gasteiger partial charge in [-0.1, -0.05) is 59.6 Å². The van der Waals surface area contributed by atoms with E-state index in [1.165, 1.54) is 15.5 Å². The number of benzene rings is 3. The molecular formula is C23H15Cl2N3S. The topological polar surface area (TPSA) is 30.7 Å². The molecule has 0 bridgehead atoms. The number of hydrogen-bond acceptors (Lipinski definition) is 3. The van der Waals surface area contributed by atoms with Gasteiger partial charge in [-0.3, -0.25) is 0 Å². The smallest absolute Gasteiger partial charge is 0.140 e. The molecule has 0 aliphatic rings. The molecule has 0 aliphatic heterocycles. The van der Waals surface area contributed by atoms with Gasteiger partial charge in [0.1, 0.15) is 10.2 Å². The molecule has 0 amide bonds. The first-order valence-electron chi connectivity index (χ1n) is 9.07. The average molecular weight is 436 g/mol. The molecular weight excluding hydrogens is 421 g/mol. The highest BCUT2D eigenvalue weighted by atomic mass is 35.5. The van der Waals surface area contributed by atoms with E-state index >= 15 is 0 Å². The zero-order valence-electron chi connectivity index (χ0n) is 15.4. The van der Waals surface area contributed by atoms with Crippen LogP contribution in [0.4, 0.5) is 0 Å². The Balaban J connectivity index is 1.54. The number of fused-ring (bicyclic) bond motifs is 3. The van der Waals surface area contributed by atoms with Crippen molar-refractivity contribution in [2.75, 3.05) is 0 Å². The fraction of sp³-hybridized carbons (Fsp3) is 0.0435. The van der Waals surface area contributed by atoms with Crippen molar-refractivity contribution in [3.8, 4) is 5.69 Å². The lowest BCUT2D eigenvalue weighted by Crippen LogP contribution is -1.96. The molecule has 29 heavy (non-hydrogen) atoms. The summed E-state index contributed by atoms with van der Waals surface area (Å²) in [6, 6.07) is 20.0. The maximum atomic E-state index is 6.63. The number of halogens is 2. The second kappa shape index (κ2) is 7.30. The SMILES string of the molecule is Cc1nn(-c2cccc(Cl)c2)c(Cl)c1C=Cc1nc2c(ccc3ccccc32)s1. The Bertz CT molecular complexity index is 1400. The molecule has 3 aromatic carbocycles. The molecule has 0 radical (unpaired) electrons. The second-order valence-corrected chi connectivity index (χ2v) is 8.56. The van der Waals surface area contributed by atoms with Crippen molar-refractivity contribution in [2.24, 2.45) is 0 Å². The molecule has 0 unspecified atom stereocenters. The molecule has 0 spiro atoms. The molecule has 0 saturated heterocycles. The van der Waals surface area contributed by atoms with Crippen molar-refractivity contribution in [2.45, 2.75) is 6.92 Å². The molecule has 0 fully saturated rings. The number of aryl methyl sites for hydroxylation is 1. The van der Waals surface area contributed by atoms with Crippen LogP contribution in [0.1, 0.15) is 16.3 Å². The van der Waals surface area contributed by atoms with E-state index in [2.05, 4.69) is 29.4 Å². The summed E-state index contributed by atoms with van der Waals surface area (Å²) in [5.41, 5.74) is 3.58. The molecule has 5 rings (SSSR count). The van der Waals surface area contributed by atoms with Gasteiger partial charge in [0.15, 0.2) is 0 Å². The van der Waals surface area contributed by atoms with Crippen LogP contribution < -0.4 is 0 Å². The van der Waals surface area contributed by atoms with E-state index in [1.807, 2.05) is 55.5 Å². The summed E-state index contributed by atoms with van der Waals surface area (Å²) in [7, 11) is 0. The lowest BCUT2D eigenvalue weighted by molar-refractivity contribution is 0.863. The Labute approximate surface area is 181 Å². The monoisotopic (exact) mass is 435 g/mol. The molecule has 2 heterocycles. The van der Waals surface area contributed by atoms with Gasteiger partial charge in [0.25, 0.3) is 0 Å². The van der Waals surface area contributed by atoms with E-state index < -0.39 is 0 Å². The van der Waals surface area contributed by atoms with Gasteiger partial charge in [-0.2, -0.15) is 5.10 Å². The highest BCUT2D eigenvalue weighted by molar-refractivity contribution is 7.19. The van der Waals surface area contributed by atoms with E-state index in [1.54, 1.807) is 16.0 Å². The first kappa shape index (κ1) is 18.4. The van der Waals surface area contributed by atoms with Gasteiger partial charge < -0.3 is 0 Å². The van der Waals surface area contributed by atoms with Crippen LogP contribution in [0.15, 0.2) is 60.7 Å². The normalized spacial score (nSPS) is 11.8. The van der Waals surface area contributed by atoms with E-state index in [9.17, 15) is 0 Å². The van der Waals surface area contributed by atoms with Crippen LogP contribution in [0.3, 0.4) is 0 Å². The summed E-state index contributed by atoms with van der Waals surface area (Å²) in [6.07, 6.45) is 3.98. The number of aromatic nitrogens is 3. The standard InChI is InChI=1S/C23H15Cl2N3S/c1-14-18(23(25)28(27-14)17-7-4-6-16(24)13-17)10-12-21-26-22-19-8-3-2-5-15(19)9-11-20(22)29-21/h2-13H,1H3. The van der Waals surface area contributed by atoms with Crippen molar-refractivity contribution in [3.63, 3.8) is 0 Å². The Kier molecular flexibility index (Phi) is 4.63. The van der Waals surface area contributed by atoms with Crippen LogP contribution in [-0.4, -0.2) is 14.8 Å². The van der Waals surface area contributed by atoms with Gasteiger partial charge in [0, 0.05) is 16.0 Å². The zero-order valence-corrected chi connectivity index (χ0v) is 17.8. The maximum absolute atomic E-state index is 6.63. The molecule has 0 aliphatic carbocycles. The molecule has 0 atom stereocenters. The zero-order chi connectivity index (χ0) is 20.0. The first-order chi connectivity index (χ1) is 14.1. The maximum Gasteiger partial charge on any atom is 0.140 e. The van der Waals surface area contributed by atoms with E-state index in [0.29, 0.717) is 10.2 Å². The molecule has 6 heteroatoms. The number of rotatable bonds is 3. The largest absolute Gasteiger partial charge is 0.236 e. The van der Waals surface area contributed by atoms with Crippen molar-refractivity contribution < 1.29 is 0 Å². The van der Waals surface area contributed by atoms with Gasteiger partial charge in [-0.05, 0) is 48.7 Å². The van der Waals surface area contributed by atoms with E-state index in [-0.39, 0.29) is 0 Å². The minimum atomic E-state index is 0.549. The van der Waals surface area contributed by atoms with E-state index in [0.717, 1.165) is 27.5 Å². The van der Waals surface area contributed by atoms with Crippen LogP contribution in [0.25, 0.3) is 38.8 Å². The van der Waals surface area contributed by atoms with Crippen LogP contribution >= 0.6 is 34.5 Å². The Hall–Kier alpha value is -2.66. The van der Waals surface area contributed by atoms with Crippen LogP contribution in [0.2, 0.25) is 10.2 Å². The third-order valence-electron chi connectivity index (χ3n) is 4.79. The van der Waals surface area contributed by atoms with Crippen molar-refractivity contribution in [1.82, 2.24) is 14.8 Å². The molecule has 2 aromatic heterocycles. The summed E-state index contributed by atoms with van der Waals surface area (Å²) >= 11 is 14.4. The summed E-state index contributed by atoms with van der Waals surface area (Å²) in [6.45, 7) is 1.94. The molecule has 0 N–H and O–H groups in total. The molecule has 5 aromatic rings. The fourth-order valence-corrected chi connectivity index (χ4v) is 4.79. The van der Waals surface area contributed by atoms with E-state index in [4.69, 9.17) is 28.2 Å². The average Bonchev–Trinajstić information content (AvgIpc) is 3.27. The quantitative estimate of drug-likeness (QED) is 0.295. The second-order valence-electron chi connectivity index (χ2n) is 6.70. The third kappa shape index (κ3) is 3.33. The fourth-order valence-electron chi connectivity index (χ4n) is 3.38. The Morgan fingerprint density at radius 2 is 1.83 bits per heavy atom.